The van der Waals surface area contributed by atoms with Gasteiger partial charge in [-0.05, 0) is 43.7 Å². The molecule has 1 saturated carbocycles. The highest BCUT2D eigenvalue weighted by Gasteiger charge is 2.19. The Morgan fingerprint density at radius 1 is 1.33 bits per heavy atom. The molecule has 0 aliphatic heterocycles. The summed E-state index contributed by atoms with van der Waals surface area (Å²) in [6.45, 7) is 2.26. The molecule has 2 N–H and O–H groups in total. The Kier molecular flexibility index (Phi) is 4.17. The maximum atomic E-state index is 13.7. The Hall–Kier alpha value is -1.16. The second-order valence-corrected chi connectivity index (χ2v) is 5.45. The standard InChI is InChI=1S/C14H18FNOS/c1-9-2-4-10(5-3-9)17-11-6-7-12(14(16)18)13(15)8-11/h6-10H,2-5H2,1H3,(H2,16,18). The molecule has 1 aliphatic carbocycles. The number of hydrogen-bond donors (Lipinski definition) is 1. The molecule has 0 heterocycles. The average Bonchev–Trinajstić information content (AvgIpc) is 2.32. The minimum absolute atomic E-state index is 0.0746. The van der Waals surface area contributed by atoms with Crippen LogP contribution in [0.1, 0.15) is 38.2 Å². The quantitative estimate of drug-likeness (QED) is 0.852. The fourth-order valence-corrected chi connectivity index (χ4v) is 2.47. The van der Waals surface area contributed by atoms with Crippen LogP contribution in [0.15, 0.2) is 18.2 Å². The first-order chi connectivity index (χ1) is 8.56. The monoisotopic (exact) mass is 267 g/mol. The second kappa shape index (κ2) is 5.65. The van der Waals surface area contributed by atoms with Gasteiger partial charge in [0.25, 0.3) is 0 Å². The molecule has 0 unspecified atom stereocenters. The summed E-state index contributed by atoms with van der Waals surface area (Å²) < 4.78 is 19.5. The summed E-state index contributed by atoms with van der Waals surface area (Å²) in [6.07, 6.45) is 4.65. The van der Waals surface area contributed by atoms with Gasteiger partial charge in [0.15, 0.2) is 0 Å². The predicted molar refractivity (Wildman–Crippen MR) is 74.3 cm³/mol. The number of halogens is 1. The van der Waals surface area contributed by atoms with Crippen LogP contribution in [0.2, 0.25) is 0 Å². The van der Waals surface area contributed by atoms with Crippen LogP contribution in [0.3, 0.4) is 0 Å². The van der Waals surface area contributed by atoms with Crippen LogP contribution < -0.4 is 10.5 Å². The molecule has 0 aromatic heterocycles. The Morgan fingerprint density at radius 3 is 2.56 bits per heavy atom. The minimum atomic E-state index is -0.413. The van der Waals surface area contributed by atoms with Gasteiger partial charge in [0.05, 0.1) is 6.10 Å². The highest BCUT2D eigenvalue weighted by atomic mass is 32.1. The summed E-state index contributed by atoms with van der Waals surface area (Å²) in [4.78, 5) is 0.0746. The lowest BCUT2D eigenvalue weighted by Crippen LogP contribution is -2.23. The van der Waals surface area contributed by atoms with Crippen molar-refractivity contribution in [3.8, 4) is 5.75 Å². The largest absolute Gasteiger partial charge is 0.490 e. The highest BCUT2D eigenvalue weighted by molar-refractivity contribution is 7.80. The van der Waals surface area contributed by atoms with Gasteiger partial charge in [-0.15, -0.1) is 0 Å². The molecule has 1 aliphatic rings. The average molecular weight is 267 g/mol. The molecule has 0 amide bonds. The zero-order valence-corrected chi connectivity index (χ0v) is 11.3. The third kappa shape index (κ3) is 3.19. The summed E-state index contributed by atoms with van der Waals surface area (Å²) in [5.41, 5.74) is 5.69. The van der Waals surface area contributed by atoms with E-state index in [9.17, 15) is 4.39 Å². The van der Waals surface area contributed by atoms with Crippen LogP contribution in [0, 0.1) is 11.7 Å². The fraction of sp³-hybridized carbons (Fsp3) is 0.500. The van der Waals surface area contributed by atoms with Crippen LogP contribution in [-0.4, -0.2) is 11.1 Å². The third-order valence-electron chi connectivity index (χ3n) is 3.47. The molecule has 1 fully saturated rings. The zero-order valence-electron chi connectivity index (χ0n) is 10.5. The molecule has 4 heteroatoms. The molecular weight excluding hydrogens is 249 g/mol. The minimum Gasteiger partial charge on any atom is -0.490 e. The van der Waals surface area contributed by atoms with Gasteiger partial charge in [0.2, 0.25) is 0 Å². The number of hydrogen-bond acceptors (Lipinski definition) is 2. The van der Waals surface area contributed by atoms with Gasteiger partial charge in [-0.2, -0.15) is 0 Å². The molecule has 2 rings (SSSR count). The Bertz CT molecular complexity index is 441. The van der Waals surface area contributed by atoms with E-state index < -0.39 is 5.82 Å². The van der Waals surface area contributed by atoms with Crippen molar-refractivity contribution in [1.82, 2.24) is 0 Å². The van der Waals surface area contributed by atoms with Crippen molar-refractivity contribution in [3.63, 3.8) is 0 Å². The first-order valence-electron chi connectivity index (χ1n) is 6.32. The Balaban J connectivity index is 2.02. The van der Waals surface area contributed by atoms with E-state index in [1.54, 1.807) is 12.1 Å². The summed E-state index contributed by atoms with van der Waals surface area (Å²) in [5, 5.41) is 0. The lowest BCUT2D eigenvalue weighted by Gasteiger charge is -2.26. The van der Waals surface area contributed by atoms with Gasteiger partial charge in [-0.1, -0.05) is 19.1 Å². The molecular formula is C14H18FNOS. The zero-order chi connectivity index (χ0) is 13.1. The number of benzene rings is 1. The van der Waals surface area contributed by atoms with Gasteiger partial charge in [0, 0.05) is 11.6 Å². The van der Waals surface area contributed by atoms with E-state index in [1.165, 1.54) is 18.9 Å². The van der Waals surface area contributed by atoms with Crippen molar-refractivity contribution in [1.29, 1.82) is 0 Å². The summed E-state index contributed by atoms with van der Waals surface area (Å²) in [6, 6.07) is 4.68. The molecule has 0 spiro atoms. The number of nitrogens with two attached hydrogens (primary N) is 1. The van der Waals surface area contributed by atoms with E-state index >= 15 is 0 Å². The van der Waals surface area contributed by atoms with Crippen molar-refractivity contribution < 1.29 is 9.13 Å². The van der Waals surface area contributed by atoms with Crippen LogP contribution in [0.5, 0.6) is 5.75 Å². The van der Waals surface area contributed by atoms with Gasteiger partial charge < -0.3 is 10.5 Å². The van der Waals surface area contributed by atoms with Gasteiger partial charge in [-0.25, -0.2) is 4.39 Å². The molecule has 0 bridgehead atoms. The van der Waals surface area contributed by atoms with Gasteiger partial charge >= 0.3 is 0 Å². The topological polar surface area (TPSA) is 35.2 Å². The van der Waals surface area contributed by atoms with E-state index in [1.807, 2.05) is 0 Å². The maximum absolute atomic E-state index is 13.7. The van der Waals surface area contributed by atoms with E-state index in [2.05, 4.69) is 6.92 Å². The smallest absolute Gasteiger partial charge is 0.137 e. The summed E-state index contributed by atoms with van der Waals surface area (Å²) >= 11 is 4.76. The molecule has 0 atom stereocenters. The van der Waals surface area contributed by atoms with E-state index in [0.29, 0.717) is 5.75 Å². The first kappa shape index (κ1) is 13.3. The molecule has 1 aromatic carbocycles. The number of thiocarbonyl (C=S) groups is 1. The normalized spacial score (nSPS) is 23.7. The van der Waals surface area contributed by atoms with Gasteiger partial charge in [0.1, 0.15) is 16.6 Å². The Labute approximate surface area is 112 Å². The van der Waals surface area contributed by atoms with Crippen molar-refractivity contribution in [2.75, 3.05) is 0 Å². The van der Waals surface area contributed by atoms with E-state index in [-0.39, 0.29) is 16.7 Å². The Morgan fingerprint density at radius 2 is 2.00 bits per heavy atom. The fourth-order valence-electron chi connectivity index (χ4n) is 2.31. The second-order valence-electron chi connectivity index (χ2n) is 5.01. The number of ether oxygens (including phenoxy) is 1. The first-order valence-corrected chi connectivity index (χ1v) is 6.73. The predicted octanol–water partition coefficient (Wildman–Crippen LogP) is 3.42. The van der Waals surface area contributed by atoms with Crippen LogP contribution in [-0.2, 0) is 0 Å². The van der Waals surface area contributed by atoms with Crippen molar-refractivity contribution in [3.05, 3.63) is 29.6 Å². The van der Waals surface area contributed by atoms with Crippen molar-refractivity contribution in [2.45, 2.75) is 38.7 Å². The van der Waals surface area contributed by atoms with Crippen molar-refractivity contribution in [2.24, 2.45) is 11.7 Å². The van der Waals surface area contributed by atoms with Crippen LogP contribution in [0.4, 0.5) is 4.39 Å². The molecule has 0 saturated heterocycles. The molecule has 98 valence electrons. The lowest BCUT2D eigenvalue weighted by molar-refractivity contribution is 0.135. The van der Waals surface area contributed by atoms with E-state index in [4.69, 9.17) is 22.7 Å². The SMILES string of the molecule is CC1CCC(Oc2ccc(C(N)=S)c(F)c2)CC1. The summed E-state index contributed by atoms with van der Waals surface area (Å²) in [5.74, 6) is 0.926. The van der Waals surface area contributed by atoms with Crippen LogP contribution in [0.25, 0.3) is 0 Å². The van der Waals surface area contributed by atoms with Crippen LogP contribution >= 0.6 is 12.2 Å². The third-order valence-corrected chi connectivity index (χ3v) is 3.69. The van der Waals surface area contributed by atoms with Crippen molar-refractivity contribution >= 4 is 17.2 Å². The lowest BCUT2D eigenvalue weighted by atomic mass is 9.89. The maximum Gasteiger partial charge on any atom is 0.137 e. The van der Waals surface area contributed by atoms with Gasteiger partial charge in [-0.3, -0.25) is 0 Å². The summed E-state index contributed by atoms with van der Waals surface area (Å²) in [7, 11) is 0. The molecule has 2 nitrogen and oxygen atoms in total. The highest BCUT2D eigenvalue weighted by Crippen LogP contribution is 2.27. The van der Waals surface area contributed by atoms with E-state index in [0.717, 1.165) is 18.8 Å². The molecule has 1 aromatic rings. The number of rotatable bonds is 3. The molecule has 0 radical (unpaired) electrons. The molecule has 18 heavy (non-hydrogen) atoms.